The van der Waals surface area contributed by atoms with Gasteiger partial charge in [-0.3, -0.25) is 0 Å². The summed E-state index contributed by atoms with van der Waals surface area (Å²) in [6, 6.07) is 67.9. The second kappa shape index (κ2) is 12.3. The number of para-hydroxylation sites is 2. The maximum Gasteiger partial charge on any atom is 0.143 e. The molecule has 2 nitrogen and oxygen atoms in total. The van der Waals surface area contributed by atoms with Gasteiger partial charge in [-0.25, -0.2) is 0 Å². The highest BCUT2D eigenvalue weighted by molar-refractivity contribution is 6.11. The Balaban J connectivity index is 1.28. The number of rotatable bonds is 6. The van der Waals surface area contributed by atoms with E-state index in [1.54, 1.807) is 0 Å². The monoisotopic (exact) mass is 679 g/mol. The molecule has 9 aromatic rings. The molecule has 2 heteroatoms. The van der Waals surface area contributed by atoms with E-state index in [1.807, 2.05) is 6.07 Å². The largest absolute Gasteiger partial charge is 0.455 e. The van der Waals surface area contributed by atoms with E-state index in [9.17, 15) is 0 Å². The van der Waals surface area contributed by atoms with E-state index >= 15 is 0 Å². The van der Waals surface area contributed by atoms with Crippen LogP contribution in [-0.2, 0) is 5.41 Å². The third kappa shape index (κ3) is 5.02. The standard InChI is InChI=1S/C51H37NO/c1-51(2)44-23-11-9-20-43(44)49-45(51)24-14-25-46(49)52(38-30-27-36(28-31-38)34-15-5-3-6-16-34)47-33-37(35-17-7-4-8-18-35)29-32-39(47)41-21-13-22-42-40-19-10-12-26-48(40)53-50(41)42/h3-33H,1-2H3. The molecule has 0 radical (unpaired) electrons. The molecule has 252 valence electrons. The maximum atomic E-state index is 6.69. The van der Waals surface area contributed by atoms with Crippen LogP contribution in [0, 0.1) is 0 Å². The first-order valence-corrected chi connectivity index (χ1v) is 18.4. The molecule has 1 aliphatic carbocycles. The highest BCUT2D eigenvalue weighted by atomic mass is 16.3. The Morgan fingerprint density at radius 1 is 0.415 bits per heavy atom. The van der Waals surface area contributed by atoms with E-state index in [0.29, 0.717) is 0 Å². The van der Waals surface area contributed by atoms with Crippen molar-refractivity contribution in [2.45, 2.75) is 19.3 Å². The number of furan rings is 1. The van der Waals surface area contributed by atoms with Crippen molar-refractivity contribution in [1.29, 1.82) is 0 Å². The Bertz CT molecular complexity index is 2790. The van der Waals surface area contributed by atoms with E-state index in [-0.39, 0.29) is 5.41 Å². The van der Waals surface area contributed by atoms with Gasteiger partial charge in [-0.1, -0.05) is 172 Å². The van der Waals surface area contributed by atoms with E-state index in [0.717, 1.165) is 55.7 Å². The Labute approximate surface area is 310 Å². The molecular formula is C51H37NO. The van der Waals surface area contributed by atoms with Crippen molar-refractivity contribution < 1.29 is 4.42 Å². The lowest BCUT2D eigenvalue weighted by Crippen LogP contribution is -2.16. The minimum Gasteiger partial charge on any atom is -0.455 e. The summed E-state index contributed by atoms with van der Waals surface area (Å²) >= 11 is 0. The number of hydrogen-bond acceptors (Lipinski definition) is 2. The molecule has 8 aromatic carbocycles. The van der Waals surface area contributed by atoms with Crippen LogP contribution in [0.15, 0.2) is 192 Å². The van der Waals surface area contributed by atoms with Gasteiger partial charge in [0.15, 0.2) is 0 Å². The summed E-state index contributed by atoms with van der Waals surface area (Å²) in [7, 11) is 0. The van der Waals surface area contributed by atoms with E-state index < -0.39 is 0 Å². The summed E-state index contributed by atoms with van der Waals surface area (Å²) in [4.78, 5) is 2.48. The van der Waals surface area contributed by atoms with Crippen LogP contribution in [0.1, 0.15) is 25.0 Å². The summed E-state index contributed by atoms with van der Waals surface area (Å²) in [6.07, 6.45) is 0. The summed E-state index contributed by atoms with van der Waals surface area (Å²) in [5, 5.41) is 2.24. The number of anilines is 3. The van der Waals surface area contributed by atoms with Crippen molar-refractivity contribution in [2.75, 3.05) is 4.90 Å². The van der Waals surface area contributed by atoms with Crippen LogP contribution < -0.4 is 4.90 Å². The third-order valence-corrected chi connectivity index (χ3v) is 11.1. The van der Waals surface area contributed by atoms with Crippen LogP contribution in [0.25, 0.3) is 66.4 Å². The fourth-order valence-corrected chi connectivity index (χ4v) is 8.48. The van der Waals surface area contributed by atoms with E-state index in [2.05, 4.69) is 201 Å². The molecular weight excluding hydrogens is 643 g/mol. The van der Waals surface area contributed by atoms with Crippen molar-refractivity contribution >= 4 is 39.0 Å². The van der Waals surface area contributed by atoms with Crippen molar-refractivity contribution in [2.24, 2.45) is 0 Å². The van der Waals surface area contributed by atoms with Gasteiger partial charge in [0.25, 0.3) is 0 Å². The second-order valence-electron chi connectivity index (χ2n) is 14.5. The minimum absolute atomic E-state index is 0.140. The second-order valence-corrected chi connectivity index (χ2v) is 14.5. The lowest BCUT2D eigenvalue weighted by atomic mass is 9.82. The van der Waals surface area contributed by atoms with Gasteiger partial charge < -0.3 is 9.32 Å². The molecule has 0 fully saturated rings. The first-order valence-electron chi connectivity index (χ1n) is 18.4. The van der Waals surface area contributed by atoms with Gasteiger partial charge >= 0.3 is 0 Å². The van der Waals surface area contributed by atoms with Crippen LogP contribution >= 0.6 is 0 Å². The predicted octanol–water partition coefficient (Wildman–Crippen LogP) is 14.4. The van der Waals surface area contributed by atoms with Crippen LogP contribution in [0.5, 0.6) is 0 Å². The molecule has 0 saturated carbocycles. The summed E-state index contributed by atoms with van der Waals surface area (Å²) < 4.78 is 6.69. The average molecular weight is 680 g/mol. The number of fused-ring (bicyclic) bond motifs is 6. The zero-order chi connectivity index (χ0) is 35.5. The van der Waals surface area contributed by atoms with Gasteiger partial charge in [0.05, 0.1) is 11.4 Å². The highest BCUT2D eigenvalue weighted by Crippen LogP contribution is 2.55. The Kier molecular flexibility index (Phi) is 7.19. The molecule has 0 bridgehead atoms. The Morgan fingerprint density at radius 2 is 1.00 bits per heavy atom. The van der Waals surface area contributed by atoms with E-state index in [4.69, 9.17) is 4.42 Å². The topological polar surface area (TPSA) is 16.4 Å². The third-order valence-electron chi connectivity index (χ3n) is 11.1. The van der Waals surface area contributed by atoms with Crippen LogP contribution in [0.3, 0.4) is 0 Å². The molecule has 0 unspecified atom stereocenters. The quantitative estimate of drug-likeness (QED) is 0.174. The Hall–Kier alpha value is -6.64. The molecule has 0 aliphatic heterocycles. The van der Waals surface area contributed by atoms with Crippen molar-refractivity contribution in [3.63, 3.8) is 0 Å². The molecule has 53 heavy (non-hydrogen) atoms. The molecule has 0 spiro atoms. The van der Waals surface area contributed by atoms with Crippen molar-refractivity contribution in [3.05, 3.63) is 199 Å². The summed E-state index contributed by atoms with van der Waals surface area (Å²) in [5.74, 6) is 0. The van der Waals surface area contributed by atoms with Crippen LogP contribution in [0.2, 0.25) is 0 Å². The number of hydrogen-bond donors (Lipinski definition) is 0. The zero-order valence-corrected chi connectivity index (χ0v) is 29.8. The minimum atomic E-state index is -0.140. The molecule has 0 atom stereocenters. The fraction of sp³-hybridized carbons (Fsp3) is 0.0588. The first kappa shape index (κ1) is 31.1. The number of nitrogens with zero attached hydrogens (tertiary/aromatic N) is 1. The summed E-state index contributed by atoms with van der Waals surface area (Å²) in [6.45, 7) is 4.70. The zero-order valence-electron chi connectivity index (χ0n) is 29.8. The van der Waals surface area contributed by atoms with Gasteiger partial charge in [0.2, 0.25) is 0 Å². The molecule has 1 aliphatic rings. The predicted molar refractivity (Wildman–Crippen MR) is 222 cm³/mol. The molecule has 10 rings (SSSR count). The Morgan fingerprint density at radius 3 is 1.79 bits per heavy atom. The van der Waals surface area contributed by atoms with Gasteiger partial charge in [0, 0.05) is 38.6 Å². The van der Waals surface area contributed by atoms with Crippen LogP contribution in [0.4, 0.5) is 17.1 Å². The average Bonchev–Trinajstić information content (AvgIpc) is 3.71. The lowest BCUT2D eigenvalue weighted by Gasteiger charge is -2.31. The molecule has 1 aromatic heterocycles. The highest BCUT2D eigenvalue weighted by Gasteiger charge is 2.38. The molecule has 0 saturated heterocycles. The SMILES string of the molecule is CC1(C)c2ccccc2-c2c(N(c3ccc(-c4ccccc4)cc3)c3cc(-c4ccccc4)ccc3-c3cccc4c3oc3ccccc34)cccc21. The summed E-state index contributed by atoms with van der Waals surface area (Å²) in [5.41, 5.74) is 17.1. The molecule has 0 amide bonds. The fourth-order valence-electron chi connectivity index (χ4n) is 8.48. The number of benzene rings is 8. The van der Waals surface area contributed by atoms with Crippen molar-refractivity contribution in [1.82, 2.24) is 0 Å². The van der Waals surface area contributed by atoms with Crippen LogP contribution in [-0.4, -0.2) is 0 Å². The van der Waals surface area contributed by atoms with Gasteiger partial charge in [0.1, 0.15) is 11.2 Å². The lowest BCUT2D eigenvalue weighted by molar-refractivity contribution is 0.660. The van der Waals surface area contributed by atoms with Crippen molar-refractivity contribution in [3.8, 4) is 44.5 Å². The molecule has 1 heterocycles. The maximum absolute atomic E-state index is 6.69. The van der Waals surface area contributed by atoms with Gasteiger partial charge in [-0.05, 0) is 69.3 Å². The van der Waals surface area contributed by atoms with Gasteiger partial charge in [-0.15, -0.1) is 0 Å². The van der Waals surface area contributed by atoms with E-state index in [1.165, 1.54) is 38.9 Å². The first-order chi connectivity index (χ1) is 26.1. The molecule has 0 N–H and O–H groups in total. The smallest absolute Gasteiger partial charge is 0.143 e. The normalized spacial score (nSPS) is 12.9. The van der Waals surface area contributed by atoms with Gasteiger partial charge in [-0.2, -0.15) is 0 Å².